The third-order valence-electron chi connectivity index (χ3n) is 2.68. The number of carbonyl (C=O) groups excluding carboxylic acids is 1. The number of aliphatic carboxylic acids is 1. The molecule has 0 saturated heterocycles. The van der Waals surface area contributed by atoms with E-state index >= 15 is 0 Å². The Kier molecular flexibility index (Phi) is 4.95. The number of nitrogens with zero attached hydrogens (tertiary/aromatic N) is 1. The standard InChI is InChI=1S/C14H18ClNO3/c1-14(2,3)16(8-7-12(17)18)13(19)10-5-4-6-11(15)9-10/h4-6,9H,7-8H2,1-3H3,(H,17,18). The van der Waals surface area contributed by atoms with Gasteiger partial charge in [-0.15, -0.1) is 0 Å². The molecule has 1 aromatic rings. The highest BCUT2D eigenvalue weighted by Gasteiger charge is 2.27. The highest BCUT2D eigenvalue weighted by atomic mass is 35.5. The molecule has 0 saturated carbocycles. The molecular formula is C14H18ClNO3. The molecule has 104 valence electrons. The molecule has 0 atom stereocenters. The maximum atomic E-state index is 12.4. The molecule has 0 radical (unpaired) electrons. The lowest BCUT2D eigenvalue weighted by Gasteiger charge is -2.35. The van der Waals surface area contributed by atoms with Crippen molar-refractivity contribution in [3.8, 4) is 0 Å². The lowest BCUT2D eigenvalue weighted by Crippen LogP contribution is -2.46. The highest BCUT2D eigenvalue weighted by Crippen LogP contribution is 2.19. The van der Waals surface area contributed by atoms with Gasteiger partial charge in [-0.3, -0.25) is 9.59 Å². The van der Waals surface area contributed by atoms with E-state index in [2.05, 4.69) is 0 Å². The molecule has 1 rings (SSSR count). The highest BCUT2D eigenvalue weighted by molar-refractivity contribution is 6.30. The van der Waals surface area contributed by atoms with E-state index in [1.807, 2.05) is 20.8 Å². The molecule has 0 aliphatic heterocycles. The summed E-state index contributed by atoms with van der Waals surface area (Å²) in [6.07, 6.45) is -0.0798. The van der Waals surface area contributed by atoms with Crippen molar-refractivity contribution in [2.45, 2.75) is 32.7 Å². The van der Waals surface area contributed by atoms with E-state index in [0.717, 1.165) is 0 Å². The Labute approximate surface area is 118 Å². The number of carboxylic acid groups (broad SMARTS) is 1. The van der Waals surface area contributed by atoms with E-state index in [1.54, 1.807) is 29.2 Å². The summed E-state index contributed by atoms with van der Waals surface area (Å²) in [5, 5.41) is 9.25. The van der Waals surface area contributed by atoms with E-state index in [1.165, 1.54) is 0 Å². The predicted molar refractivity (Wildman–Crippen MR) is 74.5 cm³/mol. The van der Waals surface area contributed by atoms with Crippen LogP contribution in [0.4, 0.5) is 0 Å². The first kappa shape index (κ1) is 15.5. The number of benzene rings is 1. The van der Waals surface area contributed by atoms with Crippen LogP contribution in [-0.2, 0) is 4.79 Å². The van der Waals surface area contributed by atoms with Crippen LogP contribution in [0.2, 0.25) is 5.02 Å². The molecule has 5 heteroatoms. The molecule has 1 aromatic carbocycles. The van der Waals surface area contributed by atoms with E-state index in [-0.39, 0.29) is 18.9 Å². The van der Waals surface area contributed by atoms with Crippen LogP contribution in [0, 0.1) is 0 Å². The average molecular weight is 284 g/mol. The monoisotopic (exact) mass is 283 g/mol. The van der Waals surface area contributed by atoms with Gasteiger partial charge in [-0.2, -0.15) is 0 Å². The summed E-state index contributed by atoms with van der Waals surface area (Å²) in [5.74, 6) is -1.13. The van der Waals surface area contributed by atoms with Gasteiger partial charge in [0.05, 0.1) is 6.42 Å². The molecule has 0 aliphatic carbocycles. The van der Waals surface area contributed by atoms with Crippen LogP contribution < -0.4 is 0 Å². The number of halogens is 1. The molecule has 1 amide bonds. The topological polar surface area (TPSA) is 57.6 Å². The summed E-state index contributed by atoms with van der Waals surface area (Å²) < 4.78 is 0. The lowest BCUT2D eigenvalue weighted by atomic mass is 10.0. The first-order valence-corrected chi connectivity index (χ1v) is 6.39. The normalized spacial score (nSPS) is 11.2. The Morgan fingerprint density at radius 2 is 1.95 bits per heavy atom. The SMILES string of the molecule is CC(C)(C)N(CCC(=O)O)C(=O)c1cccc(Cl)c1. The summed E-state index contributed by atoms with van der Waals surface area (Å²) >= 11 is 5.87. The molecule has 4 nitrogen and oxygen atoms in total. The first-order chi connectivity index (χ1) is 8.71. The summed E-state index contributed by atoms with van der Waals surface area (Å²) in [6.45, 7) is 5.79. The van der Waals surface area contributed by atoms with Gasteiger partial charge in [-0.1, -0.05) is 17.7 Å². The van der Waals surface area contributed by atoms with Gasteiger partial charge in [0.2, 0.25) is 0 Å². The Hall–Kier alpha value is -1.55. The van der Waals surface area contributed by atoms with Crippen LogP contribution in [0.3, 0.4) is 0 Å². The van der Waals surface area contributed by atoms with Crippen molar-refractivity contribution >= 4 is 23.5 Å². The number of carboxylic acids is 1. The van der Waals surface area contributed by atoms with E-state index in [9.17, 15) is 9.59 Å². The molecular weight excluding hydrogens is 266 g/mol. The van der Waals surface area contributed by atoms with Gasteiger partial charge in [-0.25, -0.2) is 0 Å². The van der Waals surface area contributed by atoms with E-state index < -0.39 is 11.5 Å². The Morgan fingerprint density at radius 1 is 1.32 bits per heavy atom. The zero-order valence-corrected chi connectivity index (χ0v) is 12.1. The van der Waals surface area contributed by atoms with Crippen molar-refractivity contribution in [3.05, 3.63) is 34.9 Å². The zero-order valence-electron chi connectivity index (χ0n) is 11.3. The third-order valence-corrected chi connectivity index (χ3v) is 2.91. The fourth-order valence-corrected chi connectivity index (χ4v) is 1.92. The van der Waals surface area contributed by atoms with Crippen LogP contribution in [-0.4, -0.2) is 34.0 Å². The maximum absolute atomic E-state index is 12.4. The molecule has 0 bridgehead atoms. The number of rotatable bonds is 4. The summed E-state index contributed by atoms with van der Waals surface area (Å²) in [5.41, 5.74) is 0.0160. The van der Waals surface area contributed by atoms with Crippen LogP contribution in [0.15, 0.2) is 24.3 Å². The van der Waals surface area contributed by atoms with Crippen molar-refractivity contribution in [3.63, 3.8) is 0 Å². The second kappa shape index (κ2) is 6.06. The molecule has 0 aliphatic rings. The summed E-state index contributed by atoms with van der Waals surface area (Å²) in [4.78, 5) is 24.7. The minimum atomic E-state index is -0.923. The molecule has 0 fully saturated rings. The smallest absolute Gasteiger partial charge is 0.305 e. The molecule has 0 spiro atoms. The molecule has 0 aromatic heterocycles. The van der Waals surface area contributed by atoms with Gasteiger partial charge in [0.1, 0.15) is 0 Å². The van der Waals surface area contributed by atoms with Crippen LogP contribution in [0.1, 0.15) is 37.6 Å². The van der Waals surface area contributed by atoms with Gasteiger partial charge in [0.25, 0.3) is 5.91 Å². The van der Waals surface area contributed by atoms with Crippen molar-refractivity contribution in [2.75, 3.05) is 6.54 Å². The molecule has 19 heavy (non-hydrogen) atoms. The largest absolute Gasteiger partial charge is 0.481 e. The van der Waals surface area contributed by atoms with Crippen molar-refractivity contribution in [2.24, 2.45) is 0 Å². The van der Waals surface area contributed by atoms with Gasteiger partial charge < -0.3 is 10.0 Å². The number of hydrogen-bond donors (Lipinski definition) is 1. The van der Waals surface area contributed by atoms with E-state index in [4.69, 9.17) is 16.7 Å². The van der Waals surface area contributed by atoms with Crippen LogP contribution in [0.25, 0.3) is 0 Å². The lowest BCUT2D eigenvalue weighted by molar-refractivity contribution is -0.137. The Balaban J connectivity index is 2.97. The van der Waals surface area contributed by atoms with Gasteiger partial charge in [0, 0.05) is 22.7 Å². The van der Waals surface area contributed by atoms with Gasteiger partial charge in [0.15, 0.2) is 0 Å². The number of hydrogen-bond acceptors (Lipinski definition) is 2. The predicted octanol–water partition coefficient (Wildman–Crippen LogP) is 3.06. The minimum absolute atomic E-state index is 0.0798. The Bertz CT molecular complexity index is 480. The van der Waals surface area contributed by atoms with Crippen molar-refractivity contribution in [1.82, 2.24) is 4.90 Å². The van der Waals surface area contributed by atoms with Gasteiger partial charge in [-0.05, 0) is 39.0 Å². The fraction of sp³-hybridized carbons (Fsp3) is 0.429. The second-order valence-corrected chi connectivity index (χ2v) is 5.72. The van der Waals surface area contributed by atoms with Crippen LogP contribution in [0.5, 0.6) is 0 Å². The quantitative estimate of drug-likeness (QED) is 0.924. The van der Waals surface area contributed by atoms with E-state index in [0.29, 0.717) is 10.6 Å². The number of carbonyl (C=O) groups is 2. The van der Waals surface area contributed by atoms with Crippen molar-refractivity contribution < 1.29 is 14.7 Å². The summed E-state index contributed by atoms with van der Waals surface area (Å²) in [7, 11) is 0. The third kappa shape index (κ3) is 4.56. The van der Waals surface area contributed by atoms with Gasteiger partial charge >= 0.3 is 5.97 Å². The molecule has 1 N–H and O–H groups in total. The maximum Gasteiger partial charge on any atom is 0.305 e. The minimum Gasteiger partial charge on any atom is -0.481 e. The average Bonchev–Trinajstić information content (AvgIpc) is 2.26. The molecule has 0 heterocycles. The van der Waals surface area contributed by atoms with Crippen molar-refractivity contribution in [1.29, 1.82) is 0 Å². The second-order valence-electron chi connectivity index (χ2n) is 5.28. The first-order valence-electron chi connectivity index (χ1n) is 6.01. The number of amides is 1. The summed E-state index contributed by atoms with van der Waals surface area (Å²) in [6, 6.07) is 6.65. The Morgan fingerprint density at radius 3 is 2.42 bits per heavy atom. The molecule has 0 unspecified atom stereocenters. The fourth-order valence-electron chi connectivity index (χ4n) is 1.73. The zero-order chi connectivity index (χ0) is 14.6. The van der Waals surface area contributed by atoms with Crippen LogP contribution >= 0.6 is 11.6 Å².